The molecule has 1 aliphatic carbocycles. The van der Waals surface area contributed by atoms with Gasteiger partial charge in [-0.2, -0.15) is 0 Å². The van der Waals surface area contributed by atoms with Crippen molar-refractivity contribution >= 4 is 35.8 Å². The van der Waals surface area contributed by atoms with Crippen molar-refractivity contribution in [1.29, 1.82) is 0 Å². The highest BCUT2D eigenvalue weighted by molar-refractivity contribution is 14.0. The van der Waals surface area contributed by atoms with E-state index < -0.39 is 0 Å². The van der Waals surface area contributed by atoms with Crippen LogP contribution >= 0.6 is 24.0 Å². The van der Waals surface area contributed by atoms with Gasteiger partial charge in [-0.1, -0.05) is 19.8 Å². The summed E-state index contributed by atoms with van der Waals surface area (Å²) in [7, 11) is 3.51. The van der Waals surface area contributed by atoms with E-state index in [1.165, 1.54) is 25.7 Å². The SMILES string of the molecule is CCOCCCNC(=NCC(=O)N(C)C)NC1CCCCC1C.I. The van der Waals surface area contributed by atoms with Crippen LogP contribution in [-0.2, 0) is 9.53 Å². The fourth-order valence-electron chi connectivity index (χ4n) is 2.67. The van der Waals surface area contributed by atoms with Crippen molar-refractivity contribution in [1.82, 2.24) is 15.5 Å². The Bertz CT molecular complexity index is 378. The minimum absolute atomic E-state index is 0. The first-order valence-corrected chi connectivity index (χ1v) is 8.87. The van der Waals surface area contributed by atoms with Gasteiger partial charge in [-0.15, -0.1) is 24.0 Å². The molecule has 1 amide bonds. The highest BCUT2D eigenvalue weighted by atomic mass is 127. The molecule has 24 heavy (non-hydrogen) atoms. The number of ether oxygens (including phenoxy) is 1. The second kappa shape index (κ2) is 13.7. The molecule has 1 aliphatic rings. The van der Waals surface area contributed by atoms with Crippen molar-refractivity contribution in [2.45, 2.75) is 52.0 Å². The Morgan fingerprint density at radius 3 is 2.62 bits per heavy atom. The Balaban J connectivity index is 0.00000529. The standard InChI is InChI=1S/C17H34N4O2.HI/c1-5-23-12-8-11-18-17(19-13-16(22)21(3)4)20-15-10-7-6-9-14(15)2;/h14-15H,5-13H2,1-4H3,(H2,18,19,20);1H. The maximum absolute atomic E-state index is 11.8. The number of rotatable bonds is 8. The van der Waals surface area contributed by atoms with Gasteiger partial charge in [-0.3, -0.25) is 4.79 Å². The normalized spacial score (nSPS) is 20.9. The minimum Gasteiger partial charge on any atom is -0.382 e. The number of nitrogens with one attached hydrogen (secondary N) is 2. The van der Waals surface area contributed by atoms with Crippen molar-refractivity contribution in [2.24, 2.45) is 10.9 Å². The van der Waals surface area contributed by atoms with E-state index in [0.717, 1.165) is 32.1 Å². The number of hydrogen-bond donors (Lipinski definition) is 2. The van der Waals surface area contributed by atoms with E-state index in [1.54, 1.807) is 19.0 Å². The molecular weight excluding hydrogens is 419 g/mol. The Labute approximate surface area is 164 Å². The molecular formula is C17H35IN4O2. The molecule has 0 radical (unpaired) electrons. The number of likely N-dealkylation sites (N-methyl/N-ethyl adjacent to an activating group) is 1. The molecule has 0 aliphatic heterocycles. The first kappa shape index (κ1) is 23.4. The van der Waals surface area contributed by atoms with Gasteiger partial charge in [0.05, 0.1) is 0 Å². The van der Waals surface area contributed by atoms with Crippen molar-refractivity contribution in [3.63, 3.8) is 0 Å². The van der Waals surface area contributed by atoms with Crippen molar-refractivity contribution < 1.29 is 9.53 Å². The van der Waals surface area contributed by atoms with Crippen LogP contribution < -0.4 is 10.6 Å². The first-order valence-electron chi connectivity index (χ1n) is 8.87. The third kappa shape index (κ3) is 9.66. The maximum Gasteiger partial charge on any atom is 0.243 e. The zero-order chi connectivity index (χ0) is 17.1. The second-order valence-corrected chi connectivity index (χ2v) is 6.44. The summed E-state index contributed by atoms with van der Waals surface area (Å²) in [6.45, 7) is 6.75. The van der Waals surface area contributed by atoms with Gasteiger partial charge in [0, 0.05) is 39.9 Å². The highest BCUT2D eigenvalue weighted by Crippen LogP contribution is 2.23. The Morgan fingerprint density at radius 2 is 2.00 bits per heavy atom. The highest BCUT2D eigenvalue weighted by Gasteiger charge is 2.22. The summed E-state index contributed by atoms with van der Waals surface area (Å²) in [4.78, 5) is 17.8. The van der Waals surface area contributed by atoms with Gasteiger partial charge in [0.2, 0.25) is 5.91 Å². The van der Waals surface area contributed by atoms with Crippen LogP contribution in [0, 0.1) is 5.92 Å². The number of carbonyl (C=O) groups excluding carboxylic acids is 1. The zero-order valence-corrected chi connectivity index (χ0v) is 18.0. The number of guanidine groups is 1. The largest absolute Gasteiger partial charge is 0.382 e. The van der Waals surface area contributed by atoms with Gasteiger partial charge in [0.1, 0.15) is 6.54 Å². The molecule has 6 nitrogen and oxygen atoms in total. The van der Waals surface area contributed by atoms with Crippen LogP contribution in [0.2, 0.25) is 0 Å². The molecule has 2 atom stereocenters. The predicted molar refractivity (Wildman–Crippen MR) is 110 cm³/mol. The van der Waals surface area contributed by atoms with Gasteiger partial charge < -0.3 is 20.3 Å². The third-order valence-corrected chi connectivity index (χ3v) is 4.27. The van der Waals surface area contributed by atoms with Crippen LogP contribution in [0.4, 0.5) is 0 Å². The topological polar surface area (TPSA) is 66.0 Å². The van der Waals surface area contributed by atoms with Crippen LogP contribution in [0.3, 0.4) is 0 Å². The lowest BCUT2D eigenvalue weighted by Crippen LogP contribution is -2.48. The van der Waals surface area contributed by atoms with Gasteiger partial charge in [0.25, 0.3) is 0 Å². The van der Waals surface area contributed by atoms with Crippen molar-refractivity contribution in [2.75, 3.05) is 40.4 Å². The molecule has 142 valence electrons. The average molecular weight is 454 g/mol. The van der Waals surface area contributed by atoms with E-state index in [1.807, 2.05) is 6.92 Å². The van der Waals surface area contributed by atoms with E-state index in [4.69, 9.17) is 4.74 Å². The molecule has 1 fully saturated rings. The lowest BCUT2D eigenvalue weighted by Gasteiger charge is -2.31. The monoisotopic (exact) mass is 454 g/mol. The van der Waals surface area contributed by atoms with Crippen molar-refractivity contribution in [3.8, 4) is 0 Å². The average Bonchev–Trinajstić information content (AvgIpc) is 2.53. The molecule has 0 aromatic rings. The minimum atomic E-state index is 0. The number of amides is 1. The number of aliphatic imine (C=N–C) groups is 1. The van der Waals surface area contributed by atoms with Gasteiger partial charge in [0.15, 0.2) is 5.96 Å². The molecule has 0 saturated heterocycles. The summed E-state index contributed by atoms with van der Waals surface area (Å²) in [5.74, 6) is 1.40. The lowest BCUT2D eigenvalue weighted by atomic mass is 9.86. The molecule has 1 rings (SSSR count). The molecule has 0 heterocycles. The molecule has 1 saturated carbocycles. The van der Waals surface area contributed by atoms with E-state index >= 15 is 0 Å². The van der Waals surface area contributed by atoms with Crippen LogP contribution in [0.5, 0.6) is 0 Å². The quantitative estimate of drug-likeness (QED) is 0.256. The smallest absolute Gasteiger partial charge is 0.243 e. The van der Waals surface area contributed by atoms with Crippen LogP contribution in [0.1, 0.15) is 46.0 Å². The molecule has 2 unspecified atom stereocenters. The first-order chi connectivity index (χ1) is 11.0. The summed E-state index contributed by atoms with van der Waals surface area (Å²) in [5, 5.41) is 6.85. The summed E-state index contributed by atoms with van der Waals surface area (Å²) in [6, 6.07) is 0.441. The predicted octanol–water partition coefficient (Wildman–Crippen LogP) is 2.23. The number of hydrogen-bond acceptors (Lipinski definition) is 3. The Hall–Kier alpha value is -0.570. The van der Waals surface area contributed by atoms with Crippen LogP contribution in [-0.4, -0.2) is 63.2 Å². The van der Waals surface area contributed by atoms with E-state index in [2.05, 4.69) is 22.5 Å². The Kier molecular flexibility index (Phi) is 13.4. The summed E-state index contributed by atoms with van der Waals surface area (Å²) >= 11 is 0. The number of nitrogens with zero attached hydrogens (tertiary/aromatic N) is 2. The van der Waals surface area contributed by atoms with Gasteiger partial charge in [-0.25, -0.2) is 4.99 Å². The number of carbonyl (C=O) groups is 1. The summed E-state index contributed by atoms with van der Waals surface area (Å²) in [6.07, 6.45) is 5.92. The fraction of sp³-hybridized carbons (Fsp3) is 0.882. The van der Waals surface area contributed by atoms with E-state index in [-0.39, 0.29) is 36.4 Å². The lowest BCUT2D eigenvalue weighted by molar-refractivity contribution is -0.127. The van der Waals surface area contributed by atoms with Gasteiger partial charge >= 0.3 is 0 Å². The summed E-state index contributed by atoms with van der Waals surface area (Å²) in [5.41, 5.74) is 0. The molecule has 0 spiro atoms. The summed E-state index contributed by atoms with van der Waals surface area (Å²) < 4.78 is 5.35. The van der Waals surface area contributed by atoms with Crippen LogP contribution in [0.15, 0.2) is 4.99 Å². The molecule has 0 aromatic carbocycles. The van der Waals surface area contributed by atoms with E-state index in [0.29, 0.717) is 12.0 Å². The second-order valence-electron chi connectivity index (χ2n) is 6.44. The molecule has 2 N–H and O–H groups in total. The molecule has 0 bridgehead atoms. The van der Waals surface area contributed by atoms with Crippen molar-refractivity contribution in [3.05, 3.63) is 0 Å². The zero-order valence-electron chi connectivity index (χ0n) is 15.6. The van der Waals surface area contributed by atoms with Gasteiger partial charge in [-0.05, 0) is 32.1 Å². The fourth-order valence-corrected chi connectivity index (χ4v) is 2.67. The number of halogens is 1. The molecule has 7 heteroatoms. The van der Waals surface area contributed by atoms with E-state index in [9.17, 15) is 4.79 Å². The molecule has 0 aromatic heterocycles. The van der Waals surface area contributed by atoms with Crippen LogP contribution in [0.25, 0.3) is 0 Å². The Morgan fingerprint density at radius 1 is 1.29 bits per heavy atom. The third-order valence-electron chi connectivity index (χ3n) is 4.27. The maximum atomic E-state index is 11.8.